The van der Waals surface area contributed by atoms with Gasteiger partial charge in [0.1, 0.15) is 48.3 Å². The summed E-state index contributed by atoms with van der Waals surface area (Å²) in [6.07, 6.45) is 4.28. The van der Waals surface area contributed by atoms with E-state index < -0.39 is 133 Å². The Hall–Kier alpha value is -6.46. The summed E-state index contributed by atoms with van der Waals surface area (Å²) in [5.41, 5.74) is 7.60. The fraction of sp³-hybridized carbons (Fsp3) is 0.633. The number of benzene rings is 1. The zero-order valence-electron chi connectivity index (χ0n) is 42.6. The molecule has 10 atom stereocenters. The molecule has 1 saturated heterocycles. The van der Waals surface area contributed by atoms with Crippen LogP contribution in [0.5, 0.6) is 0 Å². The number of imidazole rings is 1. The summed E-state index contributed by atoms with van der Waals surface area (Å²) in [4.78, 5) is 130. The Morgan fingerprint density at radius 3 is 1.65 bits per heavy atom. The molecule has 8 amide bonds. The van der Waals surface area contributed by atoms with Crippen LogP contribution in [0, 0.1) is 23.7 Å². The first-order valence-corrected chi connectivity index (χ1v) is 24.7. The molecule has 0 spiro atoms. The van der Waals surface area contributed by atoms with Gasteiger partial charge in [0.15, 0.2) is 0 Å². The normalized spacial score (nSPS) is 17.3. The zero-order valence-corrected chi connectivity index (χ0v) is 42.6. The van der Waals surface area contributed by atoms with Gasteiger partial charge < -0.3 is 68.2 Å². The number of nitrogens with two attached hydrogens (primary N) is 1. The molecular formula is C49H77N11O12. The molecule has 1 aliphatic heterocycles. The van der Waals surface area contributed by atoms with Crippen molar-refractivity contribution >= 4 is 53.2 Å². The van der Waals surface area contributed by atoms with Crippen LogP contribution in [0.4, 0.5) is 0 Å². The number of likely N-dealkylation sites (tertiary alicyclic amines) is 1. The lowest BCUT2D eigenvalue weighted by atomic mass is 9.97. The third kappa shape index (κ3) is 18.3. The van der Waals surface area contributed by atoms with Crippen LogP contribution in [0.25, 0.3) is 0 Å². The molecule has 23 nitrogen and oxygen atoms in total. The number of amides is 8. The Balaban J connectivity index is 1.75. The topological polar surface area (TPSA) is 356 Å². The van der Waals surface area contributed by atoms with E-state index in [1.54, 1.807) is 55.4 Å². The van der Waals surface area contributed by atoms with Gasteiger partial charge in [-0.05, 0) is 61.3 Å². The number of carboxylic acid groups (broad SMARTS) is 1. The molecule has 0 aliphatic carbocycles. The number of aliphatic hydroxyl groups is 2. The number of carbonyl (C=O) groups excluding carboxylic acids is 8. The number of aromatic nitrogens is 2. The smallest absolute Gasteiger partial charge is 0.326 e. The Bertz CT molecular complexity index is 2120. The largest absolute Gasteiger partial charge is 0.480 e. The summed E-state index contributed by atoms with van der Waals surface area (Å²) in [7, 11) is 0. The van der Waals surface area contributed by atoms with Crippen LogP contribution in [0.2, 0.25) is 0 Å². The van der Waals surface area contributed by atoms with E-state index in [-0.39, 0.29) is 44.1 Å². The summed E-state index contributed by atoms with van der Waals surface area (Å²) >= 11 is 0. The van der Waals surface area contributed by atoms with Crippen molar-refractivity contribution in [2.75, 3.05) is 19.8 Å². The van der Waals surface area contributed by atoms with Crippen molar-refractivity contribution in [2.24, 2.45) is 29.4 Å². The average Bonchev–Trinajstić information content (AvgIpc) is 4.05. The number of hydrogen-bond acceptors (Lipinski definition) is 13. The molecule has 13 N–H and O–H groups in total. The highest BCUT2D eigenvalue weighted by Gasteiger charge is 2.39. The maximum atomic E-state index is 14.0. The molecule has 0 saturated carbocycles. The van der Waals surface area contributed by atoms with Crippen molar-refractivity contribution in [3.8, 4) is 0 Å². The van der Waals surface area contributed by atoms with Gasteiger partial charge in [0.25, 0.3) is 0 Å². The predicted octanol–water partition coefficient (Wildman–Crippen LogP) is -1.23. The lowest BCUT2D eigenvalue weighted by Crippen LogP contribution is -2.62. The molecule has 1 aromatic heterocycles. The molecule has 0 unspecified atom stereocenters. The van der Waals surface area contributed by atoms with Crippen LogP contribution in [-0.2, 0) is 56.0 Å². The van der Waals surface area contributed by atoms with Gasteiger partial charge in [-0.15, -0.1) is 0 Å². The van der Waals surface area contributed by atoms with Crippen molar-refractivity contribution in [1.82, 2.24) is 52.1 Å². The Morgan fingerprint density at radius 1 is 0.681 bits per heavy atom. The third-order valence-corrected chi connectivity index (χ3v) is 12.4. The number of nitrogens with one attached hydrogen (secondary N) is 8. The number of rotatable bonds is 29. The van der Waals surface area contributed by atoms with E-state index in [4.69, 9.17) is 5.73 Å². The van der Waals surface area contributed by atoms with Crippen LogP contribution >= 0.6 is 0 Å². The maximum Gasteiger partial charge on any atom is 0.326 e. The predicted molar refractivity (Wildman–Crippen MR) is 264 cm³/mol. The average molecular weight is 1010 g/mol. The van der Waals surface area contributed by atoms with Crippen LogP contribution in [0.15, 0.2) is 42.9 Å². The minimum Gasteiger partial charge on any atom is -0.480 e. The van der Waals surface area contributed by atoms with Gasteiger partial charge in [-0.3, -0.25) is 38.4 Å². The number of carbonyl (C=O) groups is 9. The molecule has 1 fully saturated rings. The van der Waals surface area contributed by atoms with E-state index in [1.165, 1.54) is 17.4 Å². The minimum atomic E-state index is -1.64. The van der Waals surface area contributed by atoms with E-state index in [9.17, 15) is 58.5 Å². The molecule has 400 valence electrons. The van der Waals surface area contributed by atoms with Crippen molar-refractivity contribution in [2.45, 2.75) is 155 Å². The van der Waals surface area contributed by atoms with E-state index in [1.807, 2.05) is 30.3 Å². The van der Waals surface area contributed by atoms with Crippen molar-refractivity contribution in [3.63, 3.8) is 0 Å². The fourth-order valence-corrected chi connectivity index (χ4v) is 8.16. The number of H-pyrrole nitrogens is 1. The van der Waals surface area contributed by atoms with Gasteiger partial charge in [-0.25, -0.2) is 9.78 Å². The van der Waals surface area contributed by atoms with E-state index in [0.717, 1.165) is 5.56 Å². The van der Waals surface area contributed by atoms with Crippen LogP contribution in [0.1, 0.15) is 98.8 Å². The summed E-state index contributed by atoms with van der Waals surface area (Å²) in [6.45, 7) is 12.2. The Morgan fingerprint density at radius 2 is 1.18 bits per heavy atom. The first kappa shape index (κ1) is 59.8. The molecule has 2 aromatic rings. The van der Waals surface area contributed by atoms with E-state index in [0.29, 0.717) is 25.0 Å². The first-order valence-electron chi connectivity index (χ1n) is 24.7. The van der Waals surface area contributed by atoms with Gasteiger partial charge >= 0.3 is 5.97 Å². The maximum absolute atomic E-state index is 14.0. The molecule has 3 rings (SSSR count). The summed E-state index contributed by atoms with van der Waals surface area (Å²) in [6, 6.07) is -2.36. The van der Waals surface area contributed by atoms with Gasteiger partial charge in [0.05, 0.1) is 25.6 Å². The van der Waals surface area contributed by atoms with Gasteiger partial charge in [-0.2, -0.15) is 0 Å². The molecular weight excluding hydrogens is 935 g/mol. The monoisotopic (exact) mass is 1010 g/mol. The number of aliphatic hydroxyl groups excluding tert-OH is 2. The second-order valence-corrected chi connectivity index (χ2v) is 19.6. The molecule has 1 aromatic carbocycles. The van der Waals surface area contributed by atoms with Gasteiger partial charge in [0, 0.05) is 24.9 Å². The zero-order chi connectivity index (χ0) is 53.8. The number of aromatic amines is 1. The second kappa shape index (κ2) is 29.2. The molecule has 2 heterocycles. The molecule has 0 radical (unpaired) electrons. The number of hydrogen-bond donors (Lipinski definition) is 12. The van der Waals surface area contributed by atoms with Gasteiger partial charge in [-0.1, -0.05) is 92.1 Å². The summed E-state index contributed by atoms with van der Waals surface area (Å²) in [5.74, 6) is -8.96. The third-order valence-electron chi connectivity index (χ3n) is 12.4. The first-order chi connectivity index (χ1) is 34.0. The minimum absolute atomic E-state index is 0.0316. The van der Waals surface area contributed by atoms with Crippen molar-refractivity contribution in [3.05, 3.63) is 54.1 Å². The van der Waals surface area contributed by atoms with Crippen LogP contribution in [-0.4, -0.2) is 158 Å². The Kier molecular flexibility index (Phi) is 24.2. The SMILES string of the molecule is CC[C@H](C)[C@H](NC(=O)[C@@H](NC(=O)[C@H](CO)NC(=O)[C@H](CC(C)C)NC(=O)[C@H](CC(C)C)NC(=O)[C@H](CO)NC(=O)[C@H](Cc1cnc[nH]1)NC(=O)[C@@H]1CCCN1C(=O)[C@@H](N)Cc1ccccc1)C(C)C)C(=O)O. The van der Waals surface area contributed by atoms with E-state index in [2.05, 4.69) is 47.2 Å². The van der Waals surface area contributed by atoms with Crippen LogP contribution < -0.4 is 43.0 Å². The lowest BCUT2D eigenvalue weighted by molar-refractivity contribution is -0.144. The van der Waals surface area contributed by atoms with Gasteiger partial charge in [0.2, 0.25) is 47.3 Å². The highest BCUT2D eigenvalue weighted by atomic mass is 16.4. The quantitative estimate of drug-likeness (QED) is 0.0454. The standard InChI is InChI=1S/C49H77N11O12/c1-9-29(8)40(49(71)72)59-47(69)39(28(6)7)58-45(67)37(24-62)57-42(64)34(19-27(4)5)53-41(63)33(18-26(2)3)54-44(66)36(23-61)56-43(65)35(21-31-22-51-25-52-31)55-46(68)38-16-13-17-60(38)48(70)32(50)20-30-14-11-10-12-15-30/h10-12,14-15,22,25-29,32-40,61-62H,9,13,16-21,23-24,50H2,1-8H3,(H,51,52)(H,53,63)(H,54,66)(H,55,68)(H,56,65)(H,57,64)(H,58,67)(H,59,69)(H,71,72)/t29-,32-,33-,34-,35-,36-,37-,38-,39-,40-/m0/s1. The number of carboxylic acids is 1. The molecule has 1 aliphatic rings. The van der Waals surface area contributed by atoms with E-state index >= 15 is 0 Å². The highest BCUT2D eigenvalue weighted by Crippen LogP contribution is 2.20. The molecule has 72 heavy (non-hydrogen) atoms. The molecule has 23 heteroatoms. The van der Waals surface area contributed by atoms with Crippen LogP contribution in [0.3, 0.4) is 0 Å². The highest BCUT2D eigenvalue weighted by molar-refractivity contribution is 5.98. The summed E-state index contributed by atoms with van der Waals surface area (Å²) < 4.78 is 0. The number of nitrogens with zero attached hydrogens (tertiary/aromatic N) is 2. The summed E-state index contributed by atoms with van der Waals surface area (Å²) in [5, 5.41) is 48.1. The number of aliphatic carboxylic acids is 1. The van der Waals surface area contributed by atoms with Crippen molar-refractivity contribution in [1.29, 1.82) is 0 Å². The fourth-order valence-electron chi connectivity index (χ4n) is 8.16. The lowest BCUT2D eigenvalue weighted by Gasteiger charge is -2.29. The molecule has 0 bridgehead atoms. The Labute approximate surface area is 420 Å². The van der Waals surface area contributed by atoms with Crippen molar-refractivity contribution < 1.29 is 58.5 Å². The second-order valence-electron chi connectivity index (χ2n) is 19.6.